The van der Waals surface area contributed by atoms with Crippen molar-refractivity contribution in [2.24, 2.45) is 5.92 Å². The summed E-state index contributed by atoms with van der Waals surface area (Å²) in [5, 5.41) is 8.92. The molecular weight excluding hydrogens is 152 g/mol. The second-order valence-corrected chi connectivity index (χ2v) is 3.70. The predicted octanol–water partition coefficient (Wildman–Crippen LogP) is 1.96. The van der Waals surface area contributed by atoms with Crippen molar-refractivity contribution >= 4 is 0 Å². The van der Waals surface area contributed by atoms with E-state index in [-0.39, 0.29) is 0 Å². The quantitative estimate of drug-likeness (QED) is 0.470. The van der Waals surface area contributed by atoms with Gasteiger partial charge < -0.3 is 9.84 Å². The first-order valence-corrected chi connectivity index (χ1v) is 5.09. The average molecular weight is 172 g/mol. The molecule has 1 aliphatic heterocycles. The van der Waals surface area contributed by atoms with Crippen molar-refractivity contribution < 1.29 is 9.84 Å². The Morgan fingerprint density at radius 1 is 1.50 bits per heavy atom. The van der Waals surface area contributed by atoms with E-state index in [9.17, 15) is 0 Å². The smallest absolute Gasteiger partial charge is 0.0810 e. The zero-order chi connectivity index (χ0) is 8.81. The number of aliphatic hydroxyl groups is 1. The number of hydrogen-bond acceptors (Lipinski definition) is 2. The molecule has 0 aromatic carbocycles. The van der Waals surface area contributed by atoms with Gasteiger partial charge >= 0.3 is 0 Å². The Morgan fingerprint density at radius 3 is 2.75 bits per heavy atom. The Kier molecular flexibility index (Phi) is 4.62. The highest BCUT2D eigenvalue weighted by molar-refractivity contribution is 4.68. The molecule has 2 atom stereocenters. The maximum atomic E-state index is 8.92. The van der Waals surface area contributed by atoms with Crippen molar-refractivity contribution in [2.45, 2.75) is 45.1 Å². The molecule has 0 bridgehead atoms. The summed E-state index contributed by atoms with van der Waals surface area (Å²) in [5.41, 5.74) is 0. The Bertz CT molecular complexity index is 106. The highest BCUT2D eigenvalue weighted by Gasteiger charge is 2.21. The van der Waals surface area contributed by atoms with Crippen molar-refractivity contribution in [1.82, 2.24) is 0 Å². The van der Waals surface area contributed by atoms with E-state index in [1.54, 1.807) is 0 Å². The number of ether oxygens (including phenoxy) is 1. The molecule has 1 aliphatic rings. The van der Waals surface area contributed by atoms with Crippen LogP contribution in [0.2, 0.25) is 0 Å². The lowest BCUT2D eigenvalue weighted by Gasteiger charge is -2.09. The summed E-state index contributed by atoms with van der Waals surface area (Å²) < 4.78 is 5.12. The molecule has 0 aromatic heterocycles. The Labute approximate surface area is 74.9 Å². The Balaban J connectivity index is 1.85. The SMILES string of the molecule is CCC(CO)CCCCC1CO1. The fraction of sp³-hybridized carbons (Fsp3) is 1.00. The van der Waals surface area contributed by atoms with Gasteiger partial charge in [0.05, 0.1) is 12.7 Å². The monoisotopic (exact) mass is 172 g/mol. The van der Waals surface area contributed by atoms with Crippen LogP contribution in [0.3, 0.4) is 0 Å². The summed E-state index contributed by atoms with van der Waals surface area (Å²) >= 11 is 0. The number of hydrogen-bond donors (Lipinski definition) is 1. The lowest BCUT2D eigenvalue weighted by atomic mass is 9.99. The third-order valence-electron chi connectivity index (χ3n) is 2.63. The number of rotatable bonds is 7. The first-order chi connectivity index (χ1) is 5.86. The average Bonchev–Trinajstić information content (AvgIpc) is 2.89. The van der Waals surface area contributed by atoms with E-state index in [1.165, 1.54) is 25.7 Å². The van der Waals surface area contributed by atoms with Crippen molar-refractivity contribution in [3.05, 3.63) is 0 Å². The van der Waals surface area contributed by atoms with Crippen LogP contribution in [-0.2, 0) is 4.74 Å². The van der Waals surface area contributed by atoms with Gasteiger partial charge in [0.25, 0.3) is 0 Å². The molecule has 0 amide bonds. The standard InChI is InChI=1S/C10H20O2/c1-2-9(7-11)5-3-4-6-10-8-12-10/h9-11H,2-8H2,1H3. The largest absolute Gasteiger partial charge is 0.396 e. The summed E-state index contributed by atoms with van der Waals surface area (Å²) in [6, 6.07) is 0. The van der Waals surface area contributed by atoms with Crippen LogP contribution < -0.4 is 0 Å². The van der Waals surface area contributed by atoms with Crippen LogP contribution in [-0.4, -0.2) is 24.4 Å². The Morgan fingerprint density at radius 2 is 2.25 bits per heavy atom. The summed E-state index contributed by atoms with van der Waals surface area (Å²) in [6.45, 7) is 3.48. The van der Waals surface area contributed by atoms with Gasteiger partial charge in [-0.1, -0.05) is 26.2 Å². The van der Waals surface area contributed by atoms with Crippen molar-refractivity contribution in [3.63, 3.8) is 0 Å². The van der Waals surface area contributed by atoms with Crippen molar-refractivity contribution in [3.8, 4) is 0 Å². The predicted molar refractivity (Wildman–Crippen MR) is 49.1 cm³/mol. The summed E-state index contributed by atoms with van der Waals surface area (Å²) in [5.74, 6) is 0.533. The molecule has 0 aromatic rings. The highest BCUT2D eigenvalue weighted by Crippen LogP contribution is 2.19. The minimum absolute atomic E-state index is 0.358. The second kappa shape index (κ2) is 5.55. The lowest BCUT2D eigenvalue weighted by molar-refractivity contribution is 0.211. The van der Waals surface area contributed by atoms with Gasteiger partial charge in [0, 0.05) is 6.61 Å². The van der Waals surface area contributed by atoms with E-state index in [0.717, 1.165) is 13.0 Å². The van der Waals surface area contributed by atoms with Crippen LogP contribution in [0.4, 0.5) is 0 Å². The van der Waals surface area contributed by atoms with Gasteiger partial charge in [0.1, 0.15) is 0 Å². The highest BCUT2D eigenvalue weighted by atomic mass is 16.6. The zero-order valence-electron chi connectivity index (χ0n) is 7.96. The maximum absolute atomic E-state index is 8.92. The van der Waals surface area contributed by atoms with Crippen molar-refractivity contribution in [1.29, 1.82) is 0 Å². The minimum atomic E-state index is 0.358. The number of epoxide rings is 1. The van der Waals surface area contributed by atoms with Crippen LogP contribution in [0, 0.1) is 5.92 Å². The minimum Gasteiger partial charge on any atom is -0.396 e. The lowest BCUT2D eigenvalue weighted by Crippen LogP contribution is -2.04. The van der Waals surface area contributed by atoms with E-state index in [1.807, 2.05) is 0 Å². The maximum Gasteiger partial charge on any atom is 0.0810 e. The second-order valence-electron chi connectivity index (χ2n) is 3.70. The van der Waals surface area contributed by atoms with Gasteiger partial charge in [-0.25, -0.2) is 0 Å². The third kappa shape index (κ3) is 4.07. The topological polar surface area (TPSA) is 32.8 Å². The van der Waals surface area contributed by atoms with E-state index in [2.05, 4.69) is 6.92 Å². The molecule has 1 heterocycles. The molecule has 12 heavy (non-hydrogen) atoms. The van der Waals surface area contributed by atoms with Gasteiger partial charge in [0.2, 0.25) is 0 Å². The number of unbranched alkanes of at least 4 members (excludes halogenated alkanes) is 1. The molecule has 1 N–H and O–H groups in total. The Hall–Kier alpha value is -0.0800. The molecule has 1 rings (SSSR count). The molecule has 2 heteroatoms. The van der Waals surface area contributed by atoms with Crippen molar-refractivity contribution in [2.75, 3.05) is 13.2 Å². The van der Waals surface area contributed by atoms with Gasteiger partial charge in [-0.05, 0) is 18.8 Å². The molecule has 0 spiro atoms. The fourth-order valence-corrected chi connectivity index (χ4v) is 1.46. The van der Waals surface area contributed by atoms with Gasteiger partial charge in [0.15, 0.2) is 0 Å². The van der Waals surface area contributed by atoms with Crippen LogP contribution in [0.5, 0.6) is 0 Å². The number of aliphatic hydroxyl groups excluding tert-OH is 1. The van der Waals surface area contributed by atoms with Crippen LogP contribution in [0.15, 0.2) is 0 Å². The van der Waals surface area contributed by atoms with Gasteiger partial charge in [-0.2, -0.15) is 0 Å². The summed E-state index contributed by atoms with van der Waals surface area (Å²) in [4.78, 5) is 0. The zero-order valence-corrected chi connectivity index (χ0v) is 7.96. The third-order valence-corrected chi connectivity index (χ3v) is 2.63. The summed E-state index contributed by atoms with van der Waals surface area (Å²) in [7, 11) is 0. The first kappa shape index (κ1) is 10.0. The fourth-order valence-electron chi connectivity index (χ4n) is 1.46. The molecule has 0 radical (unpaired) electrons. The van der Waals surface area contributed by atoms with E-state index in [4.69, 9.17) is 9.84 Å². The van der Waals surface area contributed by atoms with Crippen LogP contribution >= 0.6 is 0 Å². The molecule has 0 saturated carbocycles. The normalized spacial score (nSPS) is 24.0. The first-order valence-electron chi connectivity index (χ1n) is 5.09. The molecule has 72 valence electrons. The molecular formula is C10H20O2. The van der Waals surface area contributed by atoms with E-state index < -0.39 is 0 Å². The molecule has 2 unspecified atom stereocenters. The van der Waals surface area contributed by atoms with Gasteiger partial charge in [-0.15, -0.1) is 0 Å². The molecule has 0 aliphatic carbocycles. The molecule has 1 saturated heterocycles. The van der Waals surface area contributed by atoms with Crippen LogP contribution in [0.25, 0.3) is 0 Å². The van der Waals surface area contributed by atoms with E-state index >= 15 is 0 Å². The van der Waals surface area contributed by atoms with Gasteiger partial charge in [-0.3, -0.25) is 0 Å². The molecule has 2 nitrogen and oxygen atoms in total. The summed E-state index contributed by atoms with van der Waals surface area (Å²) in [6.07, 6.45) is 6.61. The molecule has 1 fully saturated rings. The van der Waals surface area contributed by atoms with Crippen LogP contribution in [0.1, 0.15) is 39.0 Å². The van der Waals surface area contributed by atoms with E-state index in [0.29, 0.717) is 18.6 Å².